The highest BCUT2D eigenvalue weighted by Crippen LogP contribution is 2.31. The molecule has 0 aliphatic heterocycles. The third-order valence-corrected chi connectivity index (χ3v) is 4.35. The van der Waals surface area contributed by atoms with Crippen LogP contribution in [0.2, 0.25) is 0 Å². The Kier molecular flexibility index (Phi) is 4.12. The maximum absolute atomic E-state index is 12.8. The van der Waals surface area contributed by atoms with E-state index in [-0.39, 0.29) is 5.91 Å². The van der Waals surface area contributed by atoms with Crippen LogP contribution in [0.3, 0.4) is 0 Å². The van der Waals surface area contributed by atoms with Gasteiger partial charge in [0.05, 0.1) is 24.6 Å². The molecule has 1 N–H and O–H groups in total. The van der Waals surface area contributed by atoms with E-state index in [1.54, 1.807) is 31.5 Å². The largest absolute Gasteiger partial charge is 0.495 e. The fourth-order valence-electron chi connectivity index (χ4n) is 3.07. The summed E-state index contributed by atoms with van der Waals surface area (Å²) in [5.41, 5.74) is 4.39. The quantitative estimate of drug-likeness (QED) is 0.596. The van der Waals surface area contributed by atoms with E-state index in [4.69, 9.17) is 9.15 Å². The number of aromatic nitrogens is 3. The van der Waals surface area contributed by atoms with Crippen LogP contribution in [-0.2, 0) is 0 Å². The smallest absolute Gasteiger partial charge is 0.259 e. The van der Waals surface area contributed by atoms with Crippen molar-refractivity contribution in [1.82, 2.24) is 14.4 Å². The number of ether oxygens (including phenoxy) is 1. The fraction of sp³-hybridized carbons (Fsp3) is 0.150. The molecule has 4 rings (SSSR count). The predicted octanol–water partition coefficient (Wildman–Crippen LogP) is 3.87. The summed E-state index contributed by atoms with van der Waals surface area (Å²) >= 11 is 0. The van der Waals surface area contributed by atoms with Crippen LogP contribution in [-0.4, -0.2) is 27.4 Å². The Bertz CT molecular complexity index is 1130. The van der Waals surface area contributed by atoms with E-state index >= 15 is 0 Å². The van der Waals surface area contributed by atoms with Crippen molar-refractivity contribution in [1.29, 1.82) is 0 Å². The predicted molar refractivity (Wildman–Crippen MR) is 101 cm³/mol. The normalized spacial score (nSPS) is 10.9. The van der Waals surface area contributed by atoms with Gasteiger partial charge in [-0.1, -0.05) is 0 Å². The van der Waals surface area contributed by atoms with Gasteiger partial charge in [0.25, 0.3) is 5.91 Å². The first-order valence-electron chi connectivity index (χ1n) is 8.40. The minimum atomic E-state index is -0.249. The van der Waals surface area contributed by atoms with Crippen LogP contribution in [0.1, 0.15) is 21.7 Å². The van der Waals surface area contributed by atoms with E-state index in [0.717, 1.165) is 17.0 Å². The Morgan fingerprint density at radius 2 is 2.07 bits per heavy atom. The lowest BCUT2D eigenvalue weighted by molar-refractivity contribution is 0.102. The molecule has 0 saturated heterocycles. The van der Waals surface area contributed by atoms with Gasteiger partial charge in [-0.15, -0.1) is 0 Å². The monoisotopic (exact) mass is 362 g/mol. The Labute approximate surface area is 155 Å². The standard InChI is InChI=1S/C20H18N4O3/c1-12-8-13(2)24-7-6-15(19(24)22-12)20(25)23-16-5-4-14(9-17(16)26-3)18-10-21-11-27-18/h4-11H,1-3H3,(H,23,25). The Balaban J connectivity index is 1.67. The van der Waals surface area contributed by atoms with Crippen molar-refractivity contribution < 1.29 is 13.9 Å². The van der Waals surface area contributed by atoms with Crippen molar-refractivity contribution in [3.05, 3.63) is 66.1 Å². The average molecular weight is 362 g/mol. The van der Waals surface area contributed by atoms with Crippen LogP contribution in [0.15, 0.2) is 53.5 Å². The van der Waals surface area contributed by atoms with Gasteiger partial charge in [-0.25, -0.2) is 9.97 Å². The number of carbonyl (C=O) groups excluding carboxylic acids is 1. The Morgan fingerprint density at radius 3 is 2.81 bits per heavy atom. The zero-order valence-electron chi connectivity index (χ0n) is 15.2. The van der Waals surface area contributed by atoms with Crippen LogP contribution in [0.5, 0.6) is 5.75 Å². The molecule has 1 amide bonds. The molecule has 0 saturated carbocycles. The molecule has 0 aliphatic rings. The van der Waals surface area contributed by atoms with Gasteiger partial charge in [0.2, 0.25) is 0 Å². The van der Waals surface area contributed by atoms with Gasteiger partial charge >= 0.3 is 0 Å². The molecule has 0 spiro atoms. The van der Waals surface area contributed by atoms with E-state index in [9.17, 15) is 4.79 Å². The van der Waals surface area contributed by atoms with Gasteiger partial charge in [-0.2, -0.15) is 0 Å². The number of amides is 1. The molecule has 0 aliphatic carbocycles. The van der Waals surface area contributed by atoms with E-state index in [0.29, 0.717) is 28.4 Å². The third-order valence-electron chi connectivity index (χ3n) is 4.35. The number of carbonyl (C=O) groups is 1. The summed E-state index contributed by atoms with van der Waals surface area (Å²) in [4.78, 5) is 21.3. The molecule has 136 valence electrons. The molecule has 0 bridgehead atoms. The van der Waals surface area contributed by atoms with Gasteiger partial charge in [0, 0.05) is 23.1 Å². The van der Waals surface area contributed by atoms with E-state index in [1.165, 1.54) is 6.39 Å². The number of fused-ring (bicyclic) bond motifs is 1. The van der Waals surface area contributed by atoms with Crippen molar-refractivity contribution in [3.8, 4) is 17.1 Å². The topological polar surface area (TPSA) is 81.7 Å². The second-order valence-electron chi connectivity index (χ2n) is 6.20. The number of benzene rings is 1. The fourth-order valence-corrected chi connectivity index (χ4v) is 3.07. The number of oxazole rings is 1. The number of anilines is 1. The van der Waals surface area contributed by atoms with Crippen LogP contribution in [0.4, 0.5) is 5.69 Å². The number of aryl methyl sites for hydroxylation is 2. The second-order valence-corrected chi connectivity index (χ2v) is 6.20. The SMILES string of the molecule is COc1cc(-c2cnco2)ccc1NC(=O)c1ccn2c(C)cc(C)nc12. The number of rotatable bonds is 4. The maximum atomic E-state index is 12.8. The van der Waals surface area contributed by atoms with Gasteiger partial charge in [-0.3, -0.25) is 4.79 Å². The Morgan fingerprint density at radius 1 is 1.22 bits per heavy atom. The first kappa shape index (κ1) is 16.8. The highest BCUT2D eigenvalue weighted by Gasteiger charge is 2.17. The van der Waals surface area contributed by atoms with Crippen LogP contribution in [0.25, 0.3) is 17.0 Å². The summed E-state index contributed by atoms with van der Waals surface area (Å²) in [5.74, 6) is 0.904. The number of methoxy groups -OCH3 is 1. The first-order chi connectivity index (χ1) is 13.1. The molecule has 27 heavy (non-hydrogen) atoms. The third kappa shape index (κ3) is 3.03. The average Bonchev–Trinajstić information content (AvgIpc) is 3.31. The second kappa shape index (κ2) is 6.60. The van der Waals surface area contributed by atoms with Crippen molar-refractivity contribution in [2.24, 2.45) is 0 Å². The molecule has 1 aromatic carbocycles. The molecular weight excluding hydrogens is 344 g/mol. The van der Waals surface area contributed by atoms with Crippen molar-refractivity contribution >= 4 is 17.2 Å². The number of hydrogen-bond donors (Lipinski definition) is 1. The number of nitrogens with zero attached hydrogens (tertiary/aromatic N) is 3. The van der Waals surface area contributed by atoms with E-state index in [2.05, 4.69) is 15.3 Å². The summed E-state index contributed by atoms with van der Waals surface area (Å²) in [5, 5.41) is 2.90. The maximum Gasteiger partial charge on any atom is 0.259 e. The molecule has 3 heterocycles. The summed E-state index contributed by atoms with van der Waals surface area (Å²) in [6.45, 7) is 3.89. The summed E-state index contributed by atoms with van der Waals surface area (Å²) in [6, 6.07) is 9.14. The van der Waals surface area contributed by atoms with Crippen LogP contribution in [0, 0.1) is 13.8 Å². The molecule has 0 atom stereocenters. The van der Waals surface area contributed by atoms with Gasteiger partial charge in [-0.05, 0) is 44.2 Å². The summed E-state index contributed by atoms with van der Waals surface area (Å²) in [6.07, 6.45) is 4.83. The lowest BCUT2D eigenvalue weighted by Crippen LogP contribution is -2.13. The molecule has 0 fully saturated rings. The zero-order chi connectivity index (χ0) is 19.0. The molecule has 7 heteroatoms. The van der Waals surface area contributed by atoms with Crippen LogP contribution < -0.4 is 10.1 Å². The zero-order valence-corrected chi connectivity index (χ0v) is 15.2. The molecule has 7 nitrogen and oxygen atoms in total. The lowest BCUT2D eigenvalue weighted by atomic mass is 10.1. The molecule has 0 unspecified atom stereocenters. The highest BCUT2D eigenvalue weighted by atomic mass is 16.5. The molecule has 3 aromatic heterocycles. The minimum Gasteiger partial charge on any atom is -0.495 e. The van der Waals surface area contributed by atoms with E-state index < -0.39 is 0 Å². The molecule has 4 aromatic rings. The van der Waals surface area contributed by atoms with Crippen LogP contribution >= 0.6 is 0 Å². The van der Waals surface area contributed by atoms with E-state index in [1.807, 2.05) is 36.6 Å². The number of nitrogens with one attached hydrogen (secondary N) is 1. The summed E-state index contributed by atoms with van der Waals surface area (Å²) in [7, 11) is 1.55. The van der Waals surface area contributed by atoms with Crippen molar-refractivity contribution in [2.45, 2.75) is 13.8 Å². The lowest BCUT2D eigenvalue weighted by Gasteiger charge is -2.11. The summed E-state index contributed by atoms with van der Waals surface area (Å²) < 4.78 is 12.6. The Hall–Kier alpha value is -3.61. The van der Waals surface area contributed by atoms with Gasteiger partial charge in [0.1, 0.15) is 11.4 Å². The number of hydrogen-bond acceptors (Lipinski definition) is 5. The van der Waals surface area contributed by atoms with Gasteiger partial charge in [0.15, 0.2) is 12.2 Å². The van der Waals surface area contributed by atoms with Crippen molar-refractivity contribution in [2.75, 3.05) is 12.4 Å². The highest BCUT2D eigenvalue weighted by molar-refractivity contribution is 6.09. The molecular formula is C20H18N4O3. The first-order valence-corrected chi connectivity index (χ1v) is 8.40. The molecule has 0 radical (unpaired) electrons. The van der Waals surface area contributed by atoms with Gasteiger partial charge < -0.3 is 18.9 Å². The minimum absolute atomic E-state index is 0.249. The van der Waals surface area contributed by atoms with Crippen molar-refractivity contribution in [3.63, 3.8) is 0 Å².